The summed E-state index contributed by atoms with van der Waals surface area (Å²) in [6, 6.07) is 7.69. The largest absolute Gasteiger partial charge is 0.497 e. The third-order valence-corrected chi connectivity index (χ3v) is 5.29. The average Bonchev–Trinajstić information content (AvgIpc) is 3.48. The van der Waals surface area contributed by atoms with Gasteiger partial charge in [-0.3, -0.25) is 4.79 Å². The minimum atomic E-state index is -0.439. The number of morpholine rings is 1. The number of benzene rings is 1. The zero-order valence-corrected chi connectivity index (χ0v) is 16.2. The summed E-state index contributed by atoms with van der Waals surface area (Å²) in [5, 5.41) is 13.9. The Morgan fingerprint density at radius 1 is 1.29 bits per heavy atom. The van der Waals surface area contributed by atoms with E-state index >= 15 is 0 Å². The van der Waals surface area contributed by atoms with Crippen molar-refractivity contribution in [2.45, 2.75) is 50.9 Å². The van der Waals surface area contributed by atoms with Crippen molar-refractivity contribution in [3.63, 3.8) is 0 Å². The quantitative estimate of drug-likeness (QED) is 0.778. The van der Waals surface area contributed by atoms with Gasteiger partial charge in [0.05, 0.1) is 26.3 Å². The lowest BCUT2D eigenvalue weighted by molar-refractivity contribution is -0.160. The number of hydrogen-bond acceptors (Lipinski definition) is 6. The van der Waals surface area contributed by atoms with Gasteiger partial charge in [0.15, 0.2) is 11.6 Å². The predicted octanol–water partition coefficient (Wildman–Crippen LogP) is 1.64. The molecule has 1 saturated heterocycles. The molecule has 2 atom stereocenters. The zero-order chi connectivity index (χ0) is 19.7. The Morgan fingerprint density at radius 3 is 2.64 bits per heavy atom. The number of hydrogen-bond donors (Lipinski definition) is 1. The maximum atomic E-state index is 12.7. The molecular formula is C20H26N4O4. The van der Waals surface area contributed by atoms with Gasteiger partial charge < -0.3 is 19.5 Å². The second kappa shape index (κ2) is 7.89. The molecule has 2 fully saturated rings. The number of nitrogens with zero attached hydrogens (tertiary/aromatic N) is 4. The van der Waals surface area contributed by atoms with Crippen LogP contribution in [0.15, 0.2) is 24.3 Å². The number of aryl methyl sites for hydroxylation is 1. The van der Waals surface area contributed by atoms with E-state index in [1.807, 2.05) is 36.1 Å². The van der Waals surface area contributed by atoms with Gasteiger partial charge in [0.1, 0.15) is 18.5 Å². The highest BCUT2D eigenvalue weighted by Crippen LogP contribution is 2.45. The molecule has 28 heavy (non-hydrogen) atoms. The fraction of sp³-hybridized carbons (Fsp3) is 0.550. The fourth-order valence-electron chi connectivity index (χ4n) is 3.79. The molecule has 0 bridgehead atoms. The van der Waals surface area contributed by atoms with Crippen molar-refractivity contribution >= 4 is 5.91 Å². The Balaban J connectivity index is 1.77. The van der Waals surface area contributed by atoms with Crippen molar-refractivity contribution in [3.05, 3.63) is 41.5 Å². The third kappa shape index (κ3) is 3.49. The number of aliphatic hydroxyl groups excluding tert-OH is 1. The summed E-state index contributed by atoms with van der Waals surface area (Å²) in [5.74, 6) is 2.13. The van der Waals surface area contributed by atoms with Gasteiger partial charge in [-0.25, -0.2) is 9.67 Å². The number of aromatic nitrogens is 3. The first kappa shape index (κ1) is 18.9. The lowest BCUT2D eigenvalue weighted by Crippen LogP contribution is -2.47. The molecule has 8 nitrogen and oxygen atoms in total. The van der Waals surface area contributed by atoms with Crippen LogP contribution in [-0.2, 0) is 22.5 Å². The number of methoxy groups -OCH3 is 1. The Kier molecular flexibility index (Phi) is 5.32. The molecule has 1 aromatic heterocycles. The number of carbonyl (C=O) groups excluding carboxylic acids is 1. The summed E-state index contributed by atoms with van der Waals surface area (Å²) >= 11 is 0. The minimum absolute atomic E-state index is 0.00325. The van der Waals surface area contributed by atoms with Crippen LogP contribution in [0.5, 0.6) is 5.75 Å². The van der Waals surface area contributed by atoms with Crippen molar-refractivity contribution in [1.82, 2.24) is 19.7 Å². The van der Waals surface area contributed by atoms with E-state index in [4.69, 9.17) is 9.47 Å². The molecule has 2 heterocycles. The molecule has 0 unspecified atom stereocenters. The normalized spacial score (nSPS) is 22.5. The van der Waals surface area contributed by atoms with Crippen LogP contribution >= 0.6 is 0 Å². The Morgan fingerprint density at radius 2 is 2.04 bits per heavy atom. The van der Waals surface area contributed by atoms with Crippen LogP contribution in [-0.4, -0.2) is 57.0 Å². The summed E-state index contributed by atoms with van der Waals surface area (Å²) < 4.78 is 13.0. The first-order valence-electron chi connectivity index (χ1n) is 9.77. The smallest absolute Gasteiger partial charge is 0.249 e. The van der Waals surface area contributed by atoms with E-state index in [0.717, 1.165) is 24.2 Å². The highest BCUT2D eigenvalue weighted by atomic mass is 16.5. The van der Waals surface area contributed by atoms with Gasteiger partial charge in [-0.1, -0.05) is 19.1 Å². The van der Waals surface area contributed by atoms with Crippen molar-refractivity contribution < 1.29 is 19.4 Å². The maximum absolute atomic E-state index is 12.7. The monoisotopic (exact) mass is 386 g/mol. The van der Waals surface area contributed by atoms with Crippen LogP contribution in [0.2, 0.25) is 0 Å². The molecule has 4 rings (SSSR count). The highest BCUT2D eigenvalue weighted by molar-refractivity contribution is 5.79. The predicted molar refractivity (Wildman–Crippen MR) is 101 cm³/mol. The van der Waals surface area contributed by atoms with Crippen LogP contribution in [0.25, 0.3) is 0 Å². The summed E-state index contributed by atoms with van der Waals surface area (Å²) in [7, 11) is 1.63. The first-order chi connectivity index (χ1) is 13.7. The number of carbonyl (C=O) groups is 1. The topological polar surface area (TPSA) is 89.7 Å². The Hall–Kier alpha value is -2.45. The summed E-state index contributed by atoms with van der Waals surface area (Å²) in [5.41, 5.74) is 0.974. The zero-order valence-electron chi connectivity index (χ0n) is 16.2. The molecule has 1 amide bonds. The average molecular weight is 386 g/mol. The molecule has 8 heteroatoms. The summed E-state index contributed by atoms with van der Waals surface area (Å²) in [6.45, 7) is 2.33. The Bertz CT molecular complexity index is 831. The van der Waals surface area contributed by atoms with E-state index in [0.29, 0.717) is 24.6 Å². The first-order valence-corrected chi connectivity index (χ1v) is 9.77. The van der Waals surface area contributed by atoms with E-state index in [9.17, 15) is 9.90 Å². The van der Waals surface area contributed by atoms with Crippen LogP contribution in [0.4, 0.5) is 0 Å². The minimum Gasteiger partial charge on any atom is -0.497 e. The second-order valence-corrected chi connectivity index (χ2v) is 7.17. The van der Waals surface area contributed by atoms with E-state index in [2.05, 4.69) is 10.1 Å². The molecule has 150 valence electrons. The van der Waals surface area contributed by atoms with Gasteiger partial charge in [-0.2, -0.15) is 5.10 Å². The fourth-order valence-corrected chi connectivity index (χ4v) is 3.79. The lowest BCUT2D eigenvalue weighted by atomic mass is 9.96. The molecule has 0 radical (unpaired) electrons. The maximum Gasteiger partial charge on any atom is 0.249 e. The van der Waals surface area contributed by atoms with E-state index < -0.39 is 6.10 Å². The molecule has 1 N–H and O–H groups in total. The van der Waals surface area contributed by atoms with Crippen LogP contribution in [0.3, 0.4) is 0 Å². The summed E-state index contributed by atoms with van der Waals surface area (Å²) in [4.78, 5) is 19.4. The van der Waals surface area contributed by atoms with Crippen LogP contribution in [0, 0.1) is 0 Å². The van der Waals surface area contributed by atoms with Crippen LogP contribution in [0.1, 0.15) is 49.1 Å². The van der Waals surface area contributed by atoms with Crippen molar-refractivity contribution in [2.75, 3.05) is 20.3 Å². The van der Waals surface area contributed by atoms with Gasteiger partial charge in [0, 0.05) is 12.5 Å². The molecule has 2 aromatic rings. The molecule has 1 aliphatic carbocycles. The second-order valence-electron chi connectivity index (χ2n) is 7.17. The van der Waals surface area contributed by atoms with E-state index in [1.165, 1.54) is 0 Å². The van der Waals surface area contributed by atoms with Crippen molar-refractivity contribution in [2.24, 2.45) is 0 Å². The van der Waals surface area contributed by atoms with Crippen LogP contribution < -0.4 is 4.74 Å². The molecule has 0 spiro atoms. The third-order valence-electron chi connectivity index (χ3n) is 5.29. The van der Waals surface area contributed by atoms with Gasteiger partial charge >= 0.3 is 0 Å². The van der Waals surface area contributed by atoms with Gasteiger partial charge in [-0.05, 0) is 30.5 Å². The highest BCUT2D eigenvalue weighted by Gasteiger charge is 2.47. The van der Waals surface area contributed by atoms with E-state index in [-0.39, 0.29) is 31.2 Å². The van der Waals surface area contributed by atoms with E-state index in [1.54, 1.807) is 11.8 Å². The SMILES string of the molecule is CCc1nc([C@H]2OCC(=O)N(C3CC3)[C@@H]2c2ccc(OC)cc2)n(CCO)n1. The number of amides is 1. The number of aliphatic hydroxyl groups is 1. The number of rotatable bonds is 7. The van der Waals surface area contributed by atoms with Gasteiger partial charge in [0.2, 0.25) is 5.91 Å². The molecule has 1 saturated carbocycles. The molecular weight excluding hydrogens is 360 g/mol. The standard InChI is InChI=1S/C20H26N4O4/c1-3-16-21-20(23(22-16)10-11-25)19-18(13-4-8-15(27-2)9-5-13)24(14-6-7-14)17(26)12-28-19/h4-5,8-9,14,18-19,25H,3,6-7,10-12H2,1-2H3/t18-,19+/m1/s1. The molecule has 1 aromatic carbocycles. The Labute approximate surface area is 164 Å². The van der Waals surface area contributed by atoms with Crippen molar-refractivity contribution in [1.29, 1.82) is 0 Å². The van der Waals surface area contributed by atoms with Crippen molar-refractivity contribution in [3.8, 4) is 5.75 Å². The van der Waals surface area contributed by atoms with Gasteiger partial charge in [0.25, 0.3) is 0 Å². The lowest BCUT2D eigenvalue weighted by Gasteiger charge is -2.41. The summed E-state index contributed by atoms with van der Waals surface area (Å²) in [6.07, 6.45) is 2.27. The number of ether oxygens (including phenoxy) is 2. The van der Waals surface area contributed by atoms with Gasteiger partial charge in [-0.15, -0.1) is 0 Å². The molecule has 2 aliphatic rings. The molecule has 1 aliphatic heterocycles.